The number of nitrogens with one attached hydrogen (secondary N) is 1. The van der Waals surface area contributed by atoms with Crippen LogP contribution in [-0.4, -0.2) is 48.7 Å². The lowest BCUT2D eigenvalue weighted by Gasteiger charge is -2.30. The minimum Gasteiger partial charge on any atom is -0.337 e. The molecule has 144 valence electrons. The molecule has 0 saturated carbocycles. The molecule has 3 aromatic rings. The third-order valence-corrected chi connectivity index (χ3v) is 6.00. The minimum atomic E-state index is -0.120. The summed E-state index contributed by atoms with van der Waals surface area (Å²) in [6.07, 6.45) is 2.74. The molecule has 28 heavy (non-hydrogen) atoms. The number of aromatic nitrogens is 4. The molecule has 10 heteroatoms. The Morgan fingerprint density at radius 2 is 2.04 bits per heavy atom. The van der Waals surface area contributed by atoms with Crippen LogP contribution in [0.3, 0.4) is 0 Å². The summed E-state index contributed by atoms with van der Waals surface area (Å²) in [5, 5.41) is 12.9. The van der Waals surface area contributed by atoms with Gasteiger partial charge in [0, 0.05) is 30.3 Å². The molecule has 0 atom stereocenters. The largest absolute Gasteiger partial charge is 0.337 e. The molecule has 2 amide bonds. The third kappa shape index (κ3) is 4.07. The van der Waals surface area contributed by atoms with Gasteiger partial charge >= 0.3 is 0 Å². The van der Waals surface area contributed by atoms with Crippen LogP contribution < -0.4 is 5.32 Å². The third-order valence-electron chi connectivity index (χ3n) is 4.64. The van der Waals surface area contributed by atoms with Crippen molar-refractivity contribution in [1.82, 2.24) is 23.8 Å². The number of anilines is 1. The van der Waals surface area contributed by atoms with Crippen LogP contribution in [0.25, 0.3) is 10.6 Å². The van der Waals surface area contributed by atoms with Crippen molar-refractivity contribution in [3.05, 3.63) is 41.2 Å². The van der Waals surface area contributed by atoms with E-state index in [1.54, 1.807) is 4.90 Å². The summed E-state index contributed by atoms with van der Waals surface area (Å²) < 4.78 is 7.86. The number of amides is 2. The second kappa shape index (κ2) is 8.11. The average Bonchev–Trinajstić information content (AvgIpc) is 3.40. The molecule has 3 heterocycles. The van der Waals surface area contributed by atoms with Crippen LogP contribution in [0.4, 0.5) is 5.69 Å². The molecule has 0 spiro atoms. The zero-order chi connectivity index (χ0) is 19.5. The molecular weight excluding hydrogens is 396 g/mol. The molecule has 1 aliphatic rings. The van der Waals surface area contributed by atoms with E-state index in [0.717, 1.165) is 33.0 Å². The maximum absolute atomic E-state index is 12.7. The maximum Gasteiger partial charge on any atom is 0.275 e. The van der Waals surface area contributed by atoms with Crippen molar-refractivity contribution in [3.8, 4) is 10.6 Å². The van der Waals surface area contributed by atoms with Gasteiger partial charge in [-0.15, -0.1) is 10.2 Å². The van der Waals surface area contributed by atoms with Gasteiger partial charge in [-0.3, -0.25) is 9.59 Å². The number of aryl methyl sites for hydroxylation is 1. The smallest absolute Gasteiger partial charge is 0.275 e. The lowest BCUT2D eigenvalue weighted by molar-refractivity contribution is -0.121. The fourth-order valence-corrected chi connectivity index (χ4v) is 4.25. The Hall–Kier alpha value is -2.72. The quantitative estimate of drug-likeness (QED) is 0.704. The Morgan fingerprint density at radius 3 is 2.71 bits per heavy atom. The van der Waals surface area contributed by atoms with E-state index >= 15 is 0 Å². The molecule has 1 saturated heterocycles. The first-order chi connectivity index (χ1) is 13.6. The van der Waals surface area contributed by atoms with Gasteiger partial charge in [0.15, 0.2) is 5.69 Å². The van der Waals surface area contributed by atoms with Crippen molar-refractivity contribution >= 4 is 40.6 Å². The first-order valence-electron chi connectivity index (χ1n) is 8.88. The highest BCUT2D eigenvalue weighted by atomic mass is 32.1. The van der Waals surface area contributed by atoms with E-state index < -0.39 is 0 Å². The van der Waals surface area contributed by atoms with Crippen molar-refractivity contribution in [2.24, 2.45) is 5.92 Å². The predicted octanol–water partition coefficient (Wildman–Crippen LogP) is 2.86. The molecule has 1 aliphatic heterocycles. The number of carbonyl (C=O) groups is 2. The second-order valence-corrected chi connectivity index (χ2v) is 8.29. The highest BCUT2D eigenvalue weighted by Crippen LogP contribution is 2.26. The van der Waals surface area contributed by atoms with E-state index in [1.165, 1.54) is 17.5 Å². The molecule has 4 rings (SSSR count). The van der Waals surface area contributed by atoms with E-state index in [0.29, 0.717) is 31.6 Å². The highest BCUT2D eigenvalue weighted by Gasteiger charge is 2.28. The maximum atomic E-state index is 12.7. The van der Waals surface area contributed by atoms with Gasteiger partial charge in [-0.1, -0.05) is 23.5 Å². The summed E-state index contributed by atoms with van der Waals surface area (Å²) in [7, 11) is 0. The number of hydrogen-bond acceptors (Lipinski definition) is 8. The average molecular weight is 415 g/mol. The second-order valence-electron chi connectivity index (χ2n) is 6.56. The van der Waals surface area contributed by atoms with Gasteiger partial charge in [0.2, 0.25) is 5.91 Å². The Bertz CT molecular complexity index is 980. The number of carbonyl (C=O) groups excluding carboxylic acids is 2. The van der Waals surface area contributed by atoms with Gasteiger partial charge < -0.3 is 10.2 Å². The summed E-state index contributed by atoms with van der Waals surface area (Å²) in [5.74, 6) is -0.259. The van der Waals surface area contributed by atoms with Gasteiger partial charge in [-0.05, 0) is 31.9 Å². The van der Waals surface area contributed by atoms with Gasteiger partial charge in [0.05, 0.1) is 17.9 Å². The first-order valence-corrected chi connectivity index (χ1v) is 10.4. The number of benzene rings is 1. The highest BCUT2D eigenvalue weighted by molar-refractivity contribution is 7.14. The number of likely N-dealkylation sites (tertiary alicyclic amines) is 1. The SMILES string of the molecule is Cc1nnc(-c2cccc(NC(=O)C3CCN(C(=O)c4cnsn4)CC3)c2)s1. The number of nitrogens with zero attached hydrogens (tertiary/aromatic N) is 5. The van der Waals surface area contributed by atoms with Gasteiger partial charge in [-0.2, -0.15) is 8.75 Å². The monoisotopic (exact) mass is 414 g/mol. The zero-order valence-electron chi connectivity index (χ0n) is 15.2. The van der Waals surface area contributed by atoms with Crippen LogP contribution in [0.2, 0.25) is 0 Å². The Labute approximate surface area is 170 Å². The lowest BCUT2D eigenvalue weighted by atomic mass is 9.95. The molecule has 1 N–H and O–H groups in total. The minimum absolute atomic E-state index is 0.0204. The molecule has 0 radical (unpaired) electrons. The number of rotatable bonds is 4. The van der Waals surface area contributed by atoms with Gasteiger partial charge in [0.1, 0.15) is 10.0 Å². The molecule has 1 fully saturated rings. The summed E-state index contributed by atoms with van der Waals surface area (Å²) in [5.41, 5.74) is 2.04. The van der Waals surface area contributed by atoms with Crippen LogP contribution in [0, 0.1) is 12.8 Å². The van der Waals surface area contributed by atoms with E-state index in [-0.39, 0.29) is 17.7 Å². The molecule has 0 aliphatic carbocycles. The van der Waals surface area contributed by atoms with Crippen molar-refractivity contribution in [2.45, 2.75) is 19.8 Å². The van der Waals surface area contributed by atoms with E-state index in [9.17, 15) is 9.59 Å². The summed E-state index contributed by atoms with van der Waals surface area (Å²) in [4.78, 5) is 26.7. The van der Waals surface area contributed by atoms with Gasteiger partial charge in [0.25, 0.3) is 5.91 Å². The first kappa shape index (κ1) is 18.6. The van der Waals surface area contributed by atoms with Crippen LogP contribution in [-0.2, 0) is 4.79 Å². The number of piperidine rings is 1. The molecular formula is C18H18N6O2S2. The van der Waals surface area contributed by atoms with Crippen LogP contribution in [0.1, 0.15) is 28.3 Å². The molecule has 8 nitrogen and oxygen atoms in total. The normalized spacial score (nSPS) is 14.8. The predicted molar refractivity (Wildman–Crippen MR) is 107 cm³/mol. The zero-order valence-corrected chi connectivity index (χ0v) is 16.8. The molecule has 0 bridgehead atoms. The van der Waals surface area contributed by atoms with Crippen molar-refractivity contribution < 1.29 is 9.59 Å². The molecule has 2 aromatic heterocycles. The van der Waals surface area contributed by atoms with Gasteiger partial charge in [-0.25, -0.2) is 0 Å². The Morgan fingerprint density at radius 1 is 1.21 bits per heavy atom. The summed E-state index contributed by atoms with van der Waals surface area (Å²) in [6, 6.07) is 7.62. The molecule has 1 aromatic carbocycles. The topological polar surface area (TPSA) is 101 Å². The van der Waals surface area contributed by atoms with Crippen LogP contribution >= 0.6 is 23.1 Å². The van der Waals surface area contributed by atoms with Crippen molar-refractivity contribution in [3.63, 3.8) is 0 Å². The van der Waals surface area contributed by atoms with E-state index in [2.05, 4.69) is 24.3 Å². The van der Waals surface area contributed by atoms with Crippen molar-refractivity contribution in [2.75, 3.05) is 18.4 Å². The van der Waals surface area contributed by atoms with E-state index in [4.69, 9.17) is 0 Å². The van der Waals surface area contributed by atoms with Crippen LogP contribution in [0.5, 0.6) is 0 Å². The number of hydrogen-bond donors (Lipinski definition) is 1. The van der Waals surface area contributed by atoms with E-state index in [1.807, 2.05) is 31.2 Å². The summed E-state index contributed by atoms with van der Waals surface area (Å²) >= 11 is 2.54. The summed E-state index contributed by atoms with van der Waals surface area (Å²) in [6.45, 7) is 2.99. The lowest BCUT2D eigenvalue weighted by Crippen LogP contribution is -2.41. The Kier molecular flexibility index (Phi) is 5.40. The molecule has 0 unspecified atom stereocenters. The fourth-order valence-electron chi connectivity index (χ4n) is 3.15. The Balaban J connectivity index is 1.35. The van der Waals surface area contributed by atoms with Crippen molar-refractivity contribution in [1.29, 1.82) is 0 Å². The standard InChI is InChI=1S/C18H18N6O2S2/c1-11-21-22-17(27-11)13-3-2-4-14(9-13)20-16(25)12-5-7-24(8-6-12)18(26)15-10-19-28-23-15/h2-4,9-10,12H,5-8H2,1H3,(H,20,25). The van der Waals surface area contributed by atoms with Crippen LogP contribution in [0.15, 0.2) is 30.5 Å². The fraction of sp³-hybridized carbons (Fsp3) is 0.333.